The van der Waals surface area contributed by atoms with Crippen LogP contribution in [0.3, 0.4) is 0 Å². The van der Waals surface area contributed by atoms with Crippen molar-refractivity contribution in [2.75, 3.05) is 26.3 Å². The van der Waals surface area contributed by atoms with Gasteiger partial charge in [-0.05, 0) is 24.1 Å². The van der Waals surface area contributed by atoms with Crippen molar-refractivity contribution in [2.45, 2.75) is 18.9 Å². The number of hydrogen-bond donors (Lipinski definition) is 1. The number of carbonyl (C=O) groups is 1. The third kappa shape index (κ3) is 3.47. The number of carbonyl (C=O) groups excluding carboxylic acids is 1. The topological polar surface area (TPSA) is 62.7 Å². The second kappa shape index (κ2) is 7.11. The molecule has 0 bridgehead atoms. The Morgan fingerprint density at radius 3 is 2.83 bits per heavy atom. The molecule has 0 aliphatic carbocycles. The van der Waals surface area contributed by atoms with Crippen molar-refractivity contribution in [2.24, 2.45) is 0 Å². The zero-order valence-corrected chi connectivity index (χ0v) is 13.8. The first kappa shape index (κ1) is 16.6. The molecular weight excluding hydrogens is 304 g/mol. The second-order valence-corrected chi connectivity index (χ2v) is 6.27. The van der Waals surface area contributed by atoms with Gasteiger partial charge in [0.05, 0.1) is 19.8 Å². The molecule has 1 aromatic carbocycles. The molecular formula is C19H22N2O3. The third-order valence-corrected chi connectivity index (χ3v) is 4.44. The summed E-state index contributed by atoms with van der Waals surface area (Å²) in [6.07, 6.45) is 3.89. The van der Waals surface area contributed by atoms with Crippen LogP contribution in [0.15, 0.2) is 48.8 Å². The third-order valence-electron chi connectivity index (χ3n) is 4.44. The fourth-order valence-electron chi connectivity index (χ4n) is 3.13. The van der Waals surface area contributed by atoms with Crippen molar-refractivity contribution in [1.82, 2.24) is 9.88 Å². The van der Waals surface area contributed by atoms with Gasteiger partial charge in [0, 0.05) is 30.9 Å². The molecule has 2 aromatic rings. The Kier molecular flexibility index (Phi) is 4.92. The molecule has 3 rings (SSSR count). The molecule has 1 saturated heterocycles. The number of hydrogen-bond acceptors (Lipinski definition) is 4. The number of rotatable bonds is 4. The average Bonchev–Trinajstić information content (AvgIpc) is 2.62. The van der Waals surface area contributed by atoms with Crippen LogP contribution >= 0.6 is 0 Å². The van der Waals surface area contributed by atoms with Crippen LogP contribution in [0.5, 0.6) is 0 Å². The largest absolute Gasteiger partial charge is 0.393 e. The predicted octanol–water partition coefficient (Wildman–Crippen LogP) is 1.84. The smallest absolute Gasteiger partial charge is 0.254 e. The van der Waals surface area contributed by atoms with Gasteiger partial charge in [-0.25, -0.2) is 0 Å². The molecule has 0 unspecified atom stereocenters. The molecule has 0 radical (unpaired) electrons. The molecule has 5 heteroatoms. The highest BCUT2D eigenvalue weighted by Crippen LogP contribution is 2.24. The van der Waals surface area contributed by atoms with Gasteiger partial charge in [0.25, 0.3) is 5.91 Å². The van der Waals surface area contributed by atoms with E-state index in [1.54, 1.807) is 23.4 Å². The molecule has 1 amide bonds. The molecule has 1 fully saturated rings. The Morgan fingerprint density at radius 1 is 1.33 bits per heavy atom. The summed E-state index contributed by atoms with van der Waals surface area (Å²) in [7, 11) is 0. The Hall–Kier alpha value is -2.24. The first-order chi connectivity index (χ1) is 11.6. The summed E-state index contributed by atoms with van der Waals surface area (Å²) in [6, 6.07) is 11.6. The summed E-state index contributed by atoms with van der Waals surface area (Å²) in [4.78, 5) is 18.6. The summed E-state index contributed by atoms with van der Waals surface area (Å²) in [6.45, 7) is 3.07. The highest BCUT2D eigenvalue weighted by molar-refractivity contribution is 5.95. The van der Waals surface area contributed by atoms with Gasteiger partial charge in [-0.2, -0.15) is 0 Å². The van der Waals surface area contributed by atoms with Gasteiger partial charge < -0.3 is 14.7 Å². The lowest BCUT2D eigenvalue weighted by Gasteiger charge is -2.42. The quantitative estimate of drug-likeness (QED) is 0.931. The summed E-state index contributed by atoms with van der Waals surface area (Å²) >= 11 is 0. The first-order valence-electron chi connectivity index (χ1n) is 8.12. The maximum Gasteiger partial charge on any atom is 0.254 e. The van der Waals surface area contributed by atoms with E-state index in [1.807, 2.05) is 37.3 Å². The van der Waals surface area contributed by atoms with Gasteiger partial charge in [-0.15, -0.1) is 0 Å². The van der Waals surface area contributed by atoms with Crippen molar-refractivity contribution in [3.05, 3.63) is 65.5 Å². The average molecular weight is 326 g/mol. The maximum atomic E-state index is 12.8. The first-order valence-corrected chi connectivity index (χ1v) is 8.12. The monoisotopic (exact) mass is 326 g/mol. The van der Waals surface area contributed by atoms with Crippen LogP contribution in [0.2, 0.25) is 0 Å². The predicted molar refractivity (Wildman–Crippen MR) is 90.8 cm³/mol. The molecule has 1 atom stereocenters. The van der Waals surface area contributed by atoms with Gasteiger partial charge >= 0.3 is 0 Å². The Morgan fingerprint density at radius 2 is 2.12 bits per heavy atom. The Labute approximate surface area is 141 Å². The minimum Gasteiger partial charge on any atom is -0.393 e. The summed E-state index contributed by atoms with van der Waals surface area (Å²) < 4.78 is 5.91. The molecule has 0 saturated carbocycles. The van der Waals surface area contributed by atoms with E-state index in [1.165, 1.54) is 0 Å². The Balaban J connectivity index is 1.79. The molecule has 1 aliphatic rings. The highest BCUT2D eigenvalue weighted by atomic mass is 16.5. The summed E-state index contributed by atoms with van der Waals surface area (Å²) in [5.41, 5.74) is 1.84. The fourth-order valence-corrected chi connectivity index (χ4v) is 3.13. The summed E-state index contributed by atoms with van der Waals surface area (Å²) in [5, 5.41) is 9.95. The van der Waals surface area contributed by atoms with E-state index >= 15 is 0 Å². The lowest BCUT2D eigenvalue weighted by molar-refractivity contribution is -0.123. The van der Waals surface area contributed by atoms with Crippen LogP contribution < -0.4 is 0 Å². The number of ether oxygens (including phenoxy) is 1. The van der Waals surface area contributed by atoms with Crippen molar-refractivity contribution in [1.29, 1.82) is 0 Å². The second-order valence-electron chi connectivity index (χ2n) is 6.27. The van der Waals surface area contributed by atoms with Gasteiger partial charge in [0.2, 0.25) is 0 Å². The lowest BCUT2D eigenvalue weighted by Crippen LogP contribution is -2.56. The van der Waals surface area contributed by atoms with Crippen LogP contribution in [0, 0.1) is 6.92 Å². The number of pyridine rings is 1. The molecule has 0 spiro atoms. The molecule has 1 aliphatic heterocycles. The number of aromatic nitrogens is 1. The molecule has 24 heavy (non-hydrogen) atoms. The highest BCUT2D eigenvalue weighted by Gasteiger charge is 2.38. The molecule has 5 nitrogen and oxygen atoms in total. The van der Waals surface area contributed by atoms with Crippen molar-refractivity contribution in [3.8, 4) is 0 Å². The van der Waals surface area contributed by atoms with Crippen LogP contribution in [0.25, 0.3) is 0 Å². The van der Waals surface area contributed by atoms with Crippen molar-refractivity contribution in [3.63, 3.8) is 0 Å². The number of aliphatic hydroxyl groups excluding tert-OH is 1. The lowest BCUT2D eigenvalue weighted by atomic mass is 9.92. The zero-order chi connectivity index (χ0) is 17.0. The maximum absolute atomic E-state index is 12.8. The van der Waals surface area contributed by atoms with Gasteiger partial charge in [0.1, 0.15) is 5.60 Å². The van der Waals surface area contributed by atoms with E-state index in [4.69, 9.17) is 4.74 Å². The number of aliphatic hydroxyl groups is 1. The fraction of sp³-hybridized carbons (Fsp3) is 0.368. The van der Waals surface area contributed by atoms with Crippen molar-refractivity contribution < 1.29 is 14.6 Å². The zero-order valence-electron chi connectivity index (χ0n) is 13.8. The minimum absolute atomic E-state index is 0.0379. The summed E-state index contributed by atoms with van der Waals surface area (Å²) in [5.74, 6) is -0.0379. The molecule has 126 valence electrons. The van der Waals surface area contributed by atoms with Gasteiger partial charge in [0.15, 0.2) is 0 Å². The van der Waals surface area contributed by atoms with Crippen LogP contribution in [-0.4, -0.2) is 52.8 Å². The van der Waals surface area contributed by atoms with E-state index < -0.39 is 5.60 Å². The SMILES string of the molecule is Cc1cnccc1C(=O)N1CCO[C@](CO)(Cc2ccccc2)C1. The number of morpholine rings is 1. The molecule has 2 heterocycles. The minimum atomic E-state index is -0.754. The van der Waals surface area contributed by atoms with Crippen LogP contribution in [0.1, 0.15) is 21.5 Å². The normalized spacial score (nSPS) is 20.8. The van der Waals surface area contributed by atoms with Crippen LogP contribution in [0.4, 0.5) is 0 Å². The Bertz CT molecular complexity index is 705. The molecule has 1 N–H and O–H groups in total. The van der Waals surface area contributed by atoms with E-state index in [2.05, 4.69) is 4.98 Å². The standard InChI is InChI=1S/C19H22N2O3/c1-15-12-20-8-7-17(15)18(23)21-9-10-24-19(13-21,14-22)11-16-5-3-2-4-6-16/h2-8,12,22H,9-11,13-14H2,1H3/t19-/m1/s1. The molecule has 1 aromatic heterocycles. The van der Waals surface area contributed by atoms with E-state index in [0.717, 1.165) is 11.1 Å². The van der Waals surface area contributed by atoms with Crippen molar-refractivity contribution >= 4 is 5.91 Å². The van der Waals surface area contributed by atoms with Gasteiger partial charge in [-0.1, -0.05) is 30.3 Å². The number of benzene rings is 1. The van der Waals surface area contributed by atoms with E-state index in [0.29, 0.717) is 31.7 Å². The number of nitrogens with zero attached hydrogens (tertiary/aromatic N) is 2. The van der Waals surface area contributed by atoms with E-state index in [9.17, 15) is 9.90 Å². The number of aryl methyl sites for hydroxylation is 1. The van der Waals surface area contributed by atoms with E-state index in [-0.39, 0.29) is 12.5 Å². The van der Waals surface area contributed by atoms with Crippen LogP contribution in [-0.2, 0) is 11.2 Å². The van der Waals surface area contributed by atoms with Gasteiger partial charge in [-0.3, -0.25) is 9.78 Å². The number of amides is 1.